The molecule has 1 atom stereocenters. The second kappa shape index (κ2) is 2.54. The van der Waals surface area contributed by atoms with Crippen LogP contribution in [-0.4, -0.2) is 27.4 Å². The third-order valence-electron chi connectivity index (χ3n) is 2.14. The predicted molar refractivity (Wildman–Crippen MR) is 44.3 cm³/mol. The molecule has 0 aromatic carbocycles. The molecule has 0 radical (unpaired) electrons. The monoisotopic (exact) mass is 182 g/mol. The fraction of sp³-hybridized carbons (Fsp3) is 0.429. The molecule has 1 aromatic rings. The molecule has 1 aliphatic heterocycles. The van der Waals surface area contributed by atoms with Gasteiger partial charge in [-0.05, 0) is 6.92 Å². The quantitative estimate of drug-likeness (QED) is 0.463. The topological polar surface area (TPSA) is 95.2 Å². The van der Waals surface area contributed by atoms with Gasteiger partial charge < -0.3 is 5.73 Å². The van der Waals surface area contributed by atoms with Crippen LogP contribution in [0, 0.1) is 6.92 Å². The predicted octanol–water partition coefficient (Wildman–Crippen LogP) is -0.676. The van der Waals surface area contributed by atoms with E-state index >= 15 is 0 Å². The number of aryl methyl sites for hydroxylation is 1. The van der Waals surface area contributed by atoms with Gasteiger partial charge >= 0.3 is 0 Å². The van der Waals surface area contributed by atoms with Crippen molar-refractivity contribution in [2.24, 2.45) is 5.73 Å². The Labute approximate surface area is 74.3 Å². The lowest BCUT2D eigenvalue weighted by Gasteiger charge is -2.24. The summed E-state index contributed by atoms with van der Waals surface area (Å²) < 4.78 is 0. The van der Waals surface area contributed by atoms with E-state index in [0.717, 1.165) is 0 Å². The molecule has 0 saturated heterocycles. The molecule has 6 heteroatoms. The van der Waals surface area contributed by atoms with Gasteiger partial charge in [0.25, 0.3) is 5.91 Å². The first-order valence-corrected chi connectivity index (χ1v) is 3.93. The molecule has 0 spiro atoms. The zero-order valence-corrected chi connectivity index (χ0v) is 7.11. The number of nitrogens with one attached hydrogen (secondary N) is 1. The Morgan fingerprint density at radius 1 is 1.77 bits per heavy atom. The van der Waals surface area contributed by atoms with Crippen molar-refractivity contribution < 1.29 is 10.0 Å². The van der Waals surface area contributed by atoms with Crippen LogP contribution in [0.3, 0.4) is 0 Å². The van der Waals surface area contributed by atoms with E-state index in [1.807, 2.05) is 0 Å². The Bertz CT molecular complexity index is 359. The highest BCUT2D eigenvalue weighted by Gasteiger charge is 2.32. The number of nitrogens with zero attached hydrogens (tertiary/aromatic N) is 2. The number of rotatable bonds is 0. The van der Waals surface area contributed by atoms with Gasteiger partial charge in [-0.1, -0.05) is 0 Å². The number of fused-ring (bicyclic) bond motifs is 1. The first-order valence-electron chi connectivity index (χ1n) is 3.93. The molecule has 13 heavy (non-hydrogen) atoms. The van der Waals surface area contributed by atoms with Crippen molar-refractivity contribution >= 4 is 11.6 Å². The Morgan fingerprint density at radius 3 is 3.15 bits per heavy atom. The summed E-state index contributed by atoms with van der Waals surface area (Å²) in [4.78, 5) is 11.2. The zero-order valence-electron chi connectivity index (χ0n) is 7.11. The number of hydroxylamine groups is 1. The first kappa shape index (κ1) is 8.21. The molecule has 1 amide bonds. The van der Waals surface area contributed by atoms with Crippen LogP contribution in [-0.2, 0) is 11.2 Å². The average Bonchev–Trinajstić information content (AvgIpc) is 2.43. The molecule has 0 aliphatic carbocycles. The van der Waals surface area contributed by atoms with Gasteiger partial charge in [0, 0.05) is 6.42 Å². The SMILES string of the molecule is Cc1[nH]nc2c1N(O)C(=O)[C@@H](N)C2. The van der Waals surface area contributed by atoms with Crippen molar-refractivity contribution in [3.63, 3.8) is 0 Å². The Balaban J connectivity index is 2.51. The zero-order chi connectivity index (χ0) is 9.59. The summed E-state index contributed by atoms with van der Waals surface area (Å²) in [5, 5.41) is 16.6. The lowest BCUT2D eigenvalue weighted by atomic mass is 10.1. The molecule has 0 unspecified atom stereocenters. The van der Waals surface area contributed by atoms with Crippen LogP contribution in [0.4, 0.5) is 5.69 Å². The summed E-state index contributed by atoms with van der Waals surface area (Å²) in [5.41, 5.74) is 7.22. The minimum atomic E-state index is -0.694. The summed E-state index contributed by atoms with van der Waals surface area (Å²) in [5.74, 6) is -0.489. The lowest BCUT2D eigenvalue weighted by Crippen LogP contribution is -2.47. The Hall–Kier alpha value is -1.40. The highest BCUT2D eigenvalue weighted by atomic mass is 16.5. The van der Waals surface area contributed by atoms with Gasteiger partial charge in [0.1, 0.15) is 5.69 Å². The normalized spacial score (nSPS) is 21.9. The fourth-order valence-corrected chi connectivity index (χ4v) is 1.46. The van der Waals surface area contributed by atoms with Crippen LogP contribution >= 0.6 is 0 Å². The van der Waals surface area contributed by atoms with Crippen molar-refractivity contribution in [1.82, 2.24) is 10.2 Å². The maximum Gasteiger partial charge on any atom is 0.268 e. The molecule has 6 nitrogen and oxygen atoms in total. The van der Waals surface area contributed by atoms with E-state index in [-0.39, 0.29) is 0 Å². The number of hydrogen-bond acceptors (Lipinski definition) is 4. The molecule has 2 rings (SSSR count). The van der Waals surface area contributed by atoms with Crippen molar-refractivity contribution in [1.29, 1.82) is 0 Å². The first-order chi connectivity index (χ1) is 6.11. The van der Waals surface area contributed by atoms with E-state index in [1.165, 1.54) is 0 Å². The van der Waals surface area contributed by atoms with Crippen LogP contribution in [0.15, 0.2) is 0 Å². The molecule has 1 aliphatic rings. The summed E-state index contributed by atoms with van der Waals surface area (Å²) >= 11 is 0. The smallest absolute Gasteiger partial charge is 0.268 e. The average molecular weight is 182 g/mol. The minimum absolute atomic E-state index is 0.371. The third kappa shape index (κ3) is 1.03. The van der Waals surface area contributed by atoms with Crippen molar-refractivity contribution in [3.8, 4) is 0 Å². The Kier molecular flexibility index (Phi) is 1.61. The van der Waals surface area contributed by atoms with E-state index in [9.17, 15) is 10.0 Å². The second-order valence-electron chi connectivity index (χ2n) is 3.10. The number of nitrogens with two attached hydrogens (primary N) is 1. The molecule has 70 valence electrons. The van der Waals surface area contributed by atoms with Crippen LogP contribution in [0.2, 0.25) is 0 Å². The minimum Gasteiger partial charge on any atom is -0.319 e. The molecular formula is C7H10N4O2. The largest absolute Gasteiger partial charge is 0.319 e. The molecule has 0 bridgehead atoms. The van der Waals surface area contributed by atoms with E-state index in [2.05, 4.69) is 10.2 Å². The summed E-state index contributed by atoms with van der Waals surface area (Å²) in [6.45, 7) is 1.74. The maximum atomic E-state index is 11.2. The molecule has 1 aromatic heterocycles. The molecule has 2 heterocycles. The maximum absolute atomic E-state index is 11.2. The fourth-order valence-electron chi connectivity index (χ4n) is 1.46. The van der Waals surface area contributed by atoms with E-state index < -0.39 is 11.9 Å². The molecule has 0 fully saturated rings. The van der Waals surface area contributed by atoms with E-state index in [1.54, 1.807) is 6.92 Å². The highest BCUT2D eigenvalue weighted by Crippen LogP contribution is 2.26. The van der Waals surface area contributed by atoms with Gasteiger partial charge in [0.2, 0.25) is 0 Å². The lowest BCUT2D eigenvalue weighted by molar-refractivity contribution is -0.125. The summed E-state index contributed by atoms with van der Waals surface area (Å²) in [7, 11) is 0. The van der Waals surface area contributed by atoms with E-state index in [0.29, 0.717) is 28.6 Å². The number of aromatic nitrogens is 2. The van der Waals surface area contributed by atoms with Gasteiger partial charge in [0.15, 0.2) is 0 Å². The number of aromatic amines is 1. The number of hydrogen-bond donors (Lipinski definition) is 3. The van der Waals surface area contributed by atoms with Gasteiger partial charge in [-0.3, -0.25) is 15.1 Å². The number of anilines is 1. The van der Waals surface area contributed by atoms with Gasteiger partial charge in [0.05, 0.1) is 17.4 Å². The van der Waals surface area contributed by atoms with Crippen molar-refractivity contribution in [2.45, 2.75) is 19.4 Å². The van der Waals surface area contributed by atoms with Crippen molar-refractivity contribution in [2.75, 3.05) is 5.06 Å². The molecule has 0 saturated carbocycles. The number of carbonyl (C=O) groups is 1. The van der Waals surface area contributed by atoms with Gasteiger partial charge in [-0.2, -0.15) is 10.2 Å². The number of H-pyrrole nitrogens is 1. The van der Waals surface area contributed by atoms with Crippen LogP contribution in [0.25, 0.3) is 0 Å². The molecule has 4 N–H and O–H groups in total. The standard InChI is InChI=1S/C7H10N4O2/c1-3-6-5(10-9-3)2-4(8)7(12)11(6)13/h4,13H,2,8H2,1H3,(H,9,10)/t4-/m0/s1. The second-order valence-corrected chi connectivity index (χ2v) is 3.10. The van der Waals surface area contributed by atoms with Crippen LogP contribution in [0.5, 0.6) is 0 Å². The summed E-state index contributed by atoms with van der Waals surface area (Å²) in [6.07, 6.45) is 0.371. The molecular weight excluding hydrogens is 172 g/mol. The van der Waals surface area contributed by atoms with Crippen LogP contribution < -0.4 is 10.8 Å². The highest BCUT2D eigenvalue weighted by molar-refractivity contribution is 5.98. The van der Waals surface area contributed by atoms with Crippen molar-refractivity contribution in [3.05, 3.63) is 11.4 Å². The Morgan fingerprint density at radius 2 is 2.46 bits per heavy atom. The number of carbonyl (C=O) groups excluding carboxylic acids is 1. The van der Waals surface area contributed by atoms with Gasteiger partial charge in [-0.15, -0.1) is 0 Å². The summed E-state index contributed by atoms with van der Waals surface area (Å²) in [6, 6.07) is -0.694. The van der Waals surface area contributed by atoms with E-state index in [4.69, 9.17) is 5.73 Å². The third-order valence-corrected chi connectivity index (χ3v) is 2.14. The van der Waals surface area contributed by atoms with Crippen LogP contribution in [0.1, 0.15) is 11.4 Å². The number of amides is 1. The van der Waals surface area contributed by atoms with Gasteiger partial charge in [-0.25, -0.2) is 0 Å².